The maximum atomic E-state index is 11.6. The first kappa shape index (κ1) is 12.9. The van der Waals surface area contributed by atoms with Gasteiger partial charge in [0.25, 0.3) is 0 Å². The molecule has 0 saturated carbocycles. The molecule has 1 amide bonds. The number of carbonyl (C=O) groups excluding carboxylic acids is 1. The van der Waals surface area contributed by atoms with E-state index in [0.717, 1.165) is 23.4 Å². The van der Waals surface area contributed by atoms with Crippen LogP contribution in [0.3, 0.4) is 0 Å². The lowest BCUT2D eigenvalue weighted by molar-refractivity contribution is -0.117. The van der Waals surface area contributed by atoms with Crippen LogP contribution in [0.15, 0.2) is 18.2 Å². The summed E-state index contributed by atoms with van der Waals surface area (Å²) in [4.78, 5) is 15.6. The van der Waals surface area contributed by atoms with Gasteiger partial charge < -0.3 is 15.5 Å². The molecule has 0 bridgehead atoms. The Bertz CT molecular complexity index is 458. The zero-order valence-electron chi connectivity index (χ0n) is 11.3. The summed E-state index contributed by atoms with van der Waals surface area (Å²) in [6.07, 6.45) is 1.48. The number of rotatable bonds is 4. The summed E-state index contributed by atoms with van der Waals surface area (Å²) in [7, 11) is 3.90. The minimum Gasteiger partial charge on any atom is -0.372 e. The van der Waals surface area contributed by atoms with Crippen molar-refractivity contribution in [2.45, 2.75) is 25.8 Å². The molecule has 0 aliphatic carbocycles. The molecular weight excluding hydrogens is 226 g/mol. The van der Waals surface area contributed by atoms with Gasteiger partial charge >= 0.3 is 0 Å². The fourth-order valence-corrected chi connectivity index (χ4v) is 2.37. The number of anilines is 2. The average Bonchev–Trinajstić information content (AvgIpc) is 2.64. The van der Waals surface area contributed by atoms with Crippen molar-refractivity contribution in [2.24, 2.45) is 5.73 Å². The van der Waals surface area contributed by atoms with Crippen LogP contribution in [-0.4, -0.2) is 32.6 Å². The number of nitrogens with two attached hydrogens (primary N) is 1. The van der Waals surface area contributed by atoms with E-state index in [0.29, 0.717) is 19.0 Å². The molecule has 0 aromatic heterocycles. The van der Waals surface area contributed by atoms with E-state index in [1.165, 1.54) is 0 Å². The van der Waals surface area contributed by atoms with Crippen molar-refractivity contribution < 1.29 is 4.79 Å². The van der Waals surface area contributed by atoms with Crippen LogP contribution in [0.1, 0.15) is 18.9 Å². The van der Waals surface area contributed by atoms with E-state index in [1.54, 1.807) is 4.90 Å². The Hall–Kier alpha value is -1.55. The number of hydrogen-bond acceptors (Lipinski definition) is 3. The van der Waals surface area contributed by atoms with Crippen molar-refractivity contribution in [3.63, 3.8) is 0 Å². The molecule has 1 heterocycles. The zero-order chi connectivity index (χ0) is 13.3. The number of amides is 1. The van der Waals surface area contributed by atoms with Crippen LogP contribution < -0.4 is 15.5 Å². The fourth-order valence-electron chi connectivity index (χ4n) is 2.37. The molecule has 4 heteroatoms. The van der Waals surface area contributed by atoms with Gasteiger partial charge in [-0.3, -0.25) is 4.79 Å². The number of fused-ring (bicyclic) bond motifs is 1. The number of likely N-dealkylation sites (N-methyl/N-ethyl adjacent to an activating group) is 1. The molecule has 2 N–H and O–H groups in total. The van der Waals surface area contributed by atoms with Crippen LogP contribution in [0.5, 0.6) is 0 Å². The van der Waals surface area contributed by atoms with E-state index >= 15 is 0 Å². The van der Waals surface area contributed by atoms with Gasteiger partial charge in [-0.05, 0) is 43.7 Å². The van der Waals surface area contributed by atoms with Crippen molar-refractivity contribution in [3.8, 4) is 0 Å². The highest BCUT2D eigenvalue weighted by atomic mass is 16.2. The lowest BCUT2D eigenvalue weighted by Crippen LogP contribution is -2.30. The summed E-state index contributed by atoms with van der Waals surface area (Å²) >= 11 is 0. The number of carbonyl (C=O) groups is 1. The van der Waals surface area contributed by atoms with Crippen molar-refractivity contribution in [2.75, 3.05) is 30.4 Å². The minimum atomic E-state index is 0.166. The molecule has 1 aliphatic heterocycles. The van der Waals surface area contributed by atoms with E-state index in [9.17, 15) is 4.79 Å². The van der Waals surface area contributed by atoms with Crippen molar-refractivity contribution >= 4 is 17.3 Å². The third-order valence-corrected chi connectivity index (χ3v) is 3.79. The summed E-state index contributed by atoms with van der Waals surface area (Å²) in [5.74, 6) is 0.166. The van der Waals surface area contributed by atoms with Gasteiger partial charge in [0.15, 0.2) is 0 Å². The fraction of sp³-hybridized carbons (Fsp3) is 0.500. The van der Waals surface area contributed by atoms with Gasteiger partial charge in [0.1, 0.15) is 0 Å². The Balaban J connectivity index is 2.23. The number of nitrogens with zero attached hydrogens (tertiary/aromatic N) is 2. The summed E-state index contributed by atoms with van der Waals surface area (Å²) in [5.41, 5.74) is 8.89. The van der Waals surface area contributed by atoms with E-state index in [-0.39, 0.29) is 5.91 Å². The van der Waals surface area contributed by atoms with Gasteiger partial charge in [-0.2, -0.15) is 0 Å². The molecule has 2 rings (SSSR count). The second-order valence-corrected chi connectivity index (χ2v) is 4.98. The van der Waals surface area contributed by atoms with Crippen molar-refractivity contribution in [3.05, 3.63) is 23.8 Å². The maximum Gasteiger partial charge on any atom is 0.231 e. The zero-order valence-corrected chi connectivity index (χ0v) is 11.3. The van der Waals surface area contributed by atoms with E-state index in [1.807, 2.05) is 13.1 Å². The highest BCUT2D eigenvalue weighted by molar-refractivity contribution is 6.01. The predicted octanol–water partition coefficient (Wildman–Crippen LogP) is 1.38. The molecule has 0 spiro atoms. The third-order valence-electron chi connectivity index (χ3n) is 3.79. The first-order chi connectivity index (χ1) is 8.54. The second kappa shape index (κ2) is 4.98. The van der Waals surface area contributed by atoms with Crippen LogP contribution in [0, 0.1) is 0 Å². The molecule has 1 unspecified atom stereocenters. The maximum absolute atomic E-state index is 11.6. The molecule has 18 heavy (non-hydrogen) atoms. The quantitative estimate of drug-likeness (QED) is 0.874. The van der Waals surface area contributed by atoms with Gasteiger partial charge in [0.05, 0.1) is 6.42 Å². The summed E-state index contributed by atoms with van der Waals surface area (Å²) in [5, 5.41) is 0. The number of hydrogen-bond donors (Lipinski definition) is 1. The normalized spacial score (nSPS) is 15.8. The predicted molar refractivity (Wildman–Crippen MR) is 75.1 cm³/mol. The first-order valence-corrected chi connectivity index (χ1v) is 6.37. The monoisotopic (exact) mass is 247 g/mol. The molecule has 1 aromatic rings. The van der Waals surface area contributed by atoms with Crippen molar-refractivity contribution in [1.29, 1.82) is 0 Å². The lowest BCUT2D eigenvalue weighted by Gasteiger charge is -2.27. The van der Waals surface area contributed by atoms with Crippen LogP contribution in [0.25, 0.3) is 0 Å². The van der Waals surface area contributed by atoms with Crippen molar-refractivity contribution in [1.82, 2.24) is 0 Å². The largest absolute Gasteiger partial charge is 0.372 e. The number of benzene rings is 1. The Morgan fingerprint density at radius 1 is 1.50 bits per heavy atom. The van der Waals surface area contributed by atoms with E-state index in [4.69, 9.17) is 5.73 Å². The van der Waals surface area contributed by atoms with Gasteiger partial charge in [0.2, 0.25) is 5.91 Å². The molecule has 0 radical (unpaired) electrons. The third kappa shape index (κ3) is 2.20. The summed E-state index contributed by atoms with van der Waals surface area (Å²) < 4.78 is 0. The topological polar surface area (TPSA) is 49.6 Å². The summed E-state index contributed by atoms with van der Waals surface area (Å²) in [6.45, 7) is 2.86. The molecule has 98 valence electrons. The van der Waals surface area contributed by atoms with Crippen LogP contribution in [0.2, 0.25) is 0 Å². The molecule has 1 atom stereocenters. The Kier molecular flexibility index (Phi) is 3.57. The molecule has 0 fully saturated rings. The van der Waals surface area contributed by atoms with Crippen LogP contribution in [-0.2, 0) is 11.2 Å². The highest BCUT2D eigenvalue weighted by Crippen LogP contribution is 2.31. The van der Waals surface area contributed by atoms with E-state index < -0.39 is 0 Å². The average molecular weight is 247 g/mol. The Morgan fingerprint density at radius 3 is 2.89 bits per heavy atom. The van der Waals surface area contributed by atoms with Crippen LogP contribution >= 0.6 is 0 Å². The standard InChI is InChI=1S/C14H21N3O/c1-10(6-7-15)16(2)12-4-5-13-11(8-12)9-14(18)17(13)3/h4-5,8,10H,6-7,9,15H2,1-3H3. The van der Waals surface area contributed by atoms with Gasteiger partial charge in [-0.25, -0.2) is 0 Å². The van der Waals surface area contributed by atoms with Crippen LogP contribution in [0.4, 0.5) is 11.4 Å². The van der Waals surface area contributed by atoms with Gasteiger partial charge in [-0.1, -0.05) is 0 Å². The second-order valence-electron chi connectivity index (χ2n) is 4.98. The van der Waals surface area contributed by atoms with Gasteiger partial charge in [-0.15, -0.1) is 0 Å². The van der Waals surface area contributed by atoms with E-state index in [2.05, 4.69) is 31.0 Å². The lowest BCUT2D eigenvalue weighted by atomic mass is 10.1. The molecule has 0 saturated heterocycles. The molecule has 4 nitrogen and oxygen atoms in total. The smallest absolute Gasteiger partial charge is 0.231 e. The Morgan fingerprint density at radius 2 is 2.22 bits per heavy atom. The SMILES string of the molecule is CC(CCN)N(C)c1ccc2c(c1)CC(=O)N2C. The Labute approximate surface area is 108 Å². The first-order valence-electron chi connectivity index (χ1n) is 6.37. The summed E-state index contributed by atoms with van der Waals surface area (Å²) in [6, 6.07) is 6.62. The highest BCUT2D eigenvalue weighted by Gasteiger charge is 2.24. The molecule has 1 aromatic carbocycles. The molecular formula is C14H21N3O. The minimum absolute atomic E-state index is 0.166. The van der Waals surface area contributed by atoms with Gasteiger partial charge in [0, 0.05) is 31.5 Å². The molecule has 1 aliphatic rings.